The van der Waals surface area contributed by atoms with Crippen molar-refractivity contribution in [2.75, 3.05) is 13.1 Å². The molecule has 1 aliphatic carbocycles. The monoisotopic (exact) mass is 467 g/mol. The highest BCUT2D eigenvalue weighted by Crippen LogP contribution is 2.39. The van der Waals surface area contributed by atoms with Crippen LogP contribution in [-0.2, 0) is 13.0 Å². The van der Waals surface area contributed by atoms with Crippen molar-refractivity contribution in [1.82, 2.24) is 14.5 Å². The predicted octanol–water partition coefficient (Wildman–Crippen LogP) is 5.42. The number of ketones is 1. The van der Waals surface area contributed by atoms with E-state index in [1.165, 1.54) is 5.56 Å². The van der Waals surface area contributed by atoms with Gasteiger partial charge in [0.2, 0.25) is 0 Å². The van der Waals surface area contributed by atoms with Crippen molar-refractivity contribution in [3.05, 3.63) is 99.8 Å². The second kappa shape index (κ2) is 8.69. The average molecular weight is 468 g/mol. The summed E-state index contributed by atoms with van der Waals surface area (Å²) in [5.74, 6) is 1.37. The number of aromatic nitrogens is 2. The number of rotatable bonds is 5. The fraction of sp³-hybridized carbons (Fsp3) is 0.250. The number of piperidine rings is 1. The Bertz CT molecular complexity index is 1360. The molecule has 6 heteroatoms. The third kappa shape index (κ3) is 3.59. The molecule has 2 aliphatic rings. The Labute approximate surface area is 202 Å². The van der Waals surface area contributed by atoms with Crippen molar-refractivity contribution in [2.24, 2.45) is 0 Å². The first-order chi connectivity index (χ1) is 16.7. The van der Waals surface area contributed by atoms with Gasteiger partial charge in [0.1, 0.15) is 5.82 Å². The lowest BCUT2D eigenvalue weighted by Gasteiger charge is -2.32. The van der Waals surface area contributed by atoms with Gasteiger partial charge in [-0.1, -0.05) is 36.4 Å². The summed E-state index contributed by atoms with van der Waals surface area (Å²) in [5, 5.41) is 4.32. The van der Waals surface area contributed by atoms with Crippen LogP contribution in [0.4, 0.5) is 0 Å². The van der Waals surface area contributed by atoms with Gasteiger partial charge in [-0.25, -0.2) is 4.98 Å². The lowest BCUT2D eigenvalue weighted by atomic mass is 9.94. The first kappa shape index (κ1) is 21.1. The van der Waals surface area contributed by atoms with Crippen LogP contribution in [0.3, 0.4) is 0 Å². The number of carbonyl (C=O) groups is 2. The fourth-order valence-corrected chi connectivity index (χ4v) is 6.02. The van der Waals surface area contributed by atoms with E-state index in [1.807, 2.05) is 47.5 Å². The van der Waals surface area contributed by atoms with Crippen molar-refractivity contribution in [1.29, 1.82) is 0 Å². The number of nitrogens with zero attached hydrogens (tertiary/aromatic N) is 3. The van der Waals surface area contributed by atoms with Crippen molar-refractivity contribution < 1.29 is 9.59 Å². The summed E-state index contributed by atoms with van der Waals surface area (Å²) in [4.78, 5) is 33.2. The van der Waals surface area contributed by atoms with E-state index in [2.05, 4.69) is 32.6 Å². The minimum absolute atomic E-state index is 0.0442. The van der Waals surface area contributed by atoms with Crippen LogP contribution in [0.15, 0.2) is 71.7 Å². The van der Waals surface area contributed by atoms with Crippen molar-refractivity contribution in [3.8, 4) is 11.1 Å². The highest BCUT2D eigenvalue weighted by Gasteiger charge is 2.33. The molecule has 4 aromatic rings. The Morgan fingerprint density at radius 3 is 2.59 bits per heavy atom. The van der Waals surface area contributed by atoms with E-state index in [-0.39, 0.29) is 11.7 Å². The molecule has 3 heterocycles. The molecule has 170 valence electrons. The molecule has 0 unspecified atom stereocenters. The maximum absolute atomic E-state index is 13.5. The van der Waals surface area contributed by atoms with E-state index in [4.69, 9.17) is 0 Å². The Balaban J connectivity index is 1.16. The number of amides is 1. The normalized spacial score (nSPS) is 15.4. The molecule has 0 radical (unpaired) electrons. The quantitative estimate of drug-likeness (QED) is 0.347. The first-order valence-electron chi connectivity index (χ1n) is 11.8. The predicted molar refractivity (Wildman–Crippen MR) is 133 cm³/mol. The Kier molecular flexibility index (Phi) is 5.38. The zero-order valence-corrected chi connectivity index (χ0v) is 19.6. The molecule has 6 rings (SSSR count). The number of benzene rings is 2. The maximum atomic E-state index is 13.5. The molecule has 0 atom stereocenters. The van der Waals surface area contributed by atoms with Gasteiger partial charge >= 0.3 is 0 Å². The van der Waals surface area contributed by atoms with Gasteiger partial charge in [-0.3, -0.25) is 9.59 Å². The molecular formula is C28H25N3O2S. The number of hydrogen-bond acceptors (Lipinski definition) is 4. The minimum Gasteiger partial charge on any atom is -0.339 e. The van der Waals surface area contributed by atoms with Crippen molar-refractivity contribution in [2.45, 2.75) is 31.7 Å². The van der Waals surface area contributed by atoms with E-state index >= 15 is 0 Å². The molecule has 0 N–H and O–H groups in total. The lowest BCUT2D eigenvalue weighted by molar-refractivity contribution is 0.0707. The minimum atomic E-state index is -0.0444. The van der Waals surface area contributed by atoms with Crippen LogP contribution in [0.5, 0.6) is 0 Å². The summed E-state index contributed by atoms with van der Waals surface area (Å²) in [6.45, 7) is 2.27. The molecule has 34 heavy (non-hydrogen) atoms. The summed E-state index contributed by atoms with van der Waals surface area (Å²) in [6, 6.07) is 15.4. The molecule has 2 aromatic heterocycles. The van der Waals surface area contributed by atoms with Crippen LogP contribution in [-0.4, -0.2) is 39.2 Å². The van der Waals surface area contributed by atoms with Gasteiger partial charge in [-0.2, -0.15) is 11.3 Å². The van der Waals surface area contributed by atoms with Crippen molar-refractivity contribution >= 4 is 23.0 Å². The standard InChI is InChI=1S/C28H25N3O2S/c32-26-23-5-2-1-4-21(23)22-6-3-7-24(25(22)26)28(33)31-14-9-20(10-15-31)27-29-12-16-30(27)13-8-19-11-17-34-18-19/h1-7,11-12,16-18,20H,8-10,13-15H2. The molecule has 1 saturated heterocycles. The van der Waals surface area contributed by atoms with Crippen LogP contribution in [0, 0.1) is 0 Å². The zero-order valence-electron chi connectivity index (χ0n) is 18.8. The zero-order chi connectivity index (χ0) is 23.1. The number of imidazole rings is 1. The maximum Gasteiger partial charge on any atom is 0.254 e. The van der Waals surface area contributed by atoms with Crippen LogP contribution in [0.2, 0.25) is 0 Å². The van der Waals surface area contributed by atoms with E-state index in [0.29, 0.717) is 35.7 Å². The van der Waals surface area contributed by atoms with Crippen LogP contribution in [0.25, 0.3) is 11.1 Å². The molecule has 0 saturated carbocycles. The number of likely N-dealkylation sites (tertiary alicyclic amines) is 1. The SMILES string of the molecule is O=C1c2ccccc2-c2cccc(C(=O)N3CCC(c4nccn4CCc4ccsc4)CC3)c21. The molecule has 5 nitrogen and oxygen atoms in total. The van der Waals surface area contributed by atoms with Gasteiger partial charge < -0.3 is 9.47 Å². The third-order valence-corrected chi connectivity index (χ3v) is 7.83. The van der Waals surface area contributed by atoms with Crippen LogP contribution < -0.4 is 0 Å². The average Bonchev–Trinajstić information content (AvgIpc) is 3.63. The summed E-state index contributed by atoms with van der Waals surface area (Å²) < 4.78 is 2.26. The smallest absolute Gasteiger partial charge is 0.254 e. The highest BCUT2D eigenvalue weighted by atomic mass is 32.1. The topological polar surface area (TPSA) is 55.2 Å². The van der Waals surface area contributed by atoms with Crippen LogP contribution in [0.1, 0.15) is 56.4 Å². The van der Waals surface area contributed by atoms with E-state index in [0.717, 1.165) is 42.8 Å². The molecule has 0 bridgehead atoms. The number of aryl methyl sites for hydroxylation is 2. The molecule has 1 aliphatic heterocycles. The van der Waals surface area contributed by atoms with Gasteiger partial charge in [0.05, 0.1) is 5.56 Å². The Morgan fingerprint density at radius 1 is 1.00 bits per heavy atom. The largest absolute Gasteiger partial charge is 0.339 e. The third-order valence-electron chi connectivity index (χ3n) is 7.10. The molecule has 1 amide bonds. The number of thiophene rings is 1. The number of fused-ring (bicyclic) bond motifs is 3. The highest BCUT2D eigenvalue weighted by molar-refractivity contribution is 7.07. The van der Waals surface area contributed by atoms with Gasteiger partial charge in [-0.05, 0) is 58.8 Å². The van der Waals surface area contributed by atoms with Gasteiger partial charge in [0.15, 0.2) is 5.78 Å². The Morgan fingerprint density at radius 2 is 1.79 bits per heavy atom. The summed E-state index contributed by atoms with van der Waals surface area (Å²) in [6.07, 6.45) is 6.71. The second-order valence-corrected chi connectivity index (χ2v) is 9.81. The molecule has 2 aromatic carbocycles. The fourth-order valence-electron chi connectivity index (χ4n) is 5.32. The molecular weight excluding hydrogens is 442 g/mol. The van der Waals surface area contributed by atoms with Gasteiger partial charge in [0.25, 0.3) is 5.91 Å². The Hall–Kier alpha value is -3.51. The first-order valence-corrected chi connectivity index (χ1v) is 12.7. The lowest BCUT2D eigenvalue weighted by Crippen LogP contribution is -2.39. The summed E-state index contributed by atoms with van der Waals surface area (Å²) in [5.41, 5.74) is 4.91. The van der Waals surface area contributed by atoms with Crippen LogP contribution >= 0.6 is 11.3 Å². The summed E-state index contributed by atoms with van der Waals surface area (Å²) in [7, 11) is 0. The number of carbonyl (C=O) groups excluding carboxylic acids is 2. The van der Waals surface area contributed by atoms with E-state index < -0.39 is 0 Å². The summed E-state index contributed by atoms with van der Waals surface area (Å²) >= 11 is 1.73. The van der Waals surface area contributed by atoms with Gasteiger partial charge in [0, 0.05) is 49.1 Å². The molecule has 0 spiro atoms. The van der Waals surface area contributed by atoms with Crippen molar-refractivity contribution in [3.63, 3.8) is 0 Å². The van der Waals surface area contributed by atoms with Gasteiger partial charge in [-0.15, -0.1) is 0 Å². The second-order valence-electron chi connectivity index (χ2n) is 9.03. The van der Waals surface area contributed by atoms with E-state index in [9.17, 15) is 9.59 Å². The number of hydrogen-bond donors (Lipinski definition) is 0. The van der Waals surface area contributed by atoms with E-state index in [1.54, 1.807) is 17.4 Å². The molecule has 1 fully saturated rings.